The molecule has 0 saturated carbocycles. The van der Waals surface area contributed by atoms with E-state index in [0.29, 0.717) is 6.42 Å². The summed E-state index contributed by atoms with van der Waals surface area (Å²) in [4.78, 5) is 10.8. The molecule has 1 saturated heterocycles. The summed E-state index contributed by atoms with van der Waals surface area (Å²) < 4.78 is 4.88. The van der Waals surface area contributed by atoms with Gasteiger partial charge in [0.1, 0.15) is 0 Å². The minimum Gasteiger partial charge on any atom is -0.462 e. The highest BCUT2D eigenvalue weighted by Gasteiger charge is 2.30. The summed E-state index contributed by atoms with van der Waals surface area (Å²) >= 11 is 0. The average molecular weight is 144 g/mol. The maximum atomic E-state index is 10.8. The summed E-state index contributed by atoms with van der Waals surface area (Å²) in [6.07, 6.45) is 1.35. The van der Waals surface area contributed by atoms with E-state index in [1.807, 2.05) is 6.92 Å². The van der Waals surface area contributed by atoms with Crippen LogP contribution in [-0.2, 0) is 9.53 Å². The largest absolute Gasteiger partial charge is 0.462 e. The van der Waals surface area contributed by atoms with Gasteiger partial charge in [0.15, 0.2) is 0 Å². The Labute approximate surface area is 60.0 Å². The summed E-state index contributed by atoms with van der Waals surface area (Å²) in [6, 6.07) is 0. The fourth-order valence-electron chi connectivity index (χ4n) is 1.23. The van der Waals surface area contributed by atoms with Crippen LogP contribution >= 0.6 is 0 Å². The first-order valence-electron chi connectivity index (χ1n) is 3.55. The average Bonchev–Trinajstić information content (AvgIpc) is 2.13. The van der Waals surface area contributed by atoms with Gasteiger partial charge >= 0.3 is 5.97 Å². The molecule has 2 atom stereocenters. The van der Waals surface area contributed by atoms with Crippen molar-refractivity contribution < 1.29 is 14.6 Å². The van der Waals surface area contributed by atoms with Crippen molar-refractivity contribution in [3.05, 3.63) is 0 Å². The standard InChI is InChI=1S/C7H12O3/c1-5-4-6(2-3-8)7(9)10-5/h5-6,8H,2-4H2,1H3/t5-,6+/m0/s1. The van der Waals surface area contributed by atoms with E-state index in [-0.39, 0.29) is 24.6 Å². The molecule has 0 amide bonds. The van der Waals surface area contributed by atoms with Crippen LogP contribution in [0.4, 0.5) is 0 Å². The third-order valence-electron chi connectivity index (χ3n) is 1.74. The lowest BCUT2D eigenvalue weighted by Crippen LogP contribution is -2.08. The number of aliphatic hydroxyl groups excluding tert-OH is 1. The van der Waals surface area contributed by atoms with Crippen molar-refractivity contribution >= 4 is 5.97 Å². The van der Waals surface area contributed by atoms with Crippen LogP contribution in [0.15, 0.2) is 0 Å². The van der Waals surface area contributed by atoms with E-state index in [1.54, 1.807) is 0 Å². The third-order valence-corrected chi connectivity index (χ3v) is 1.74. The van der Waals surface area contributed by atoms with E-state index in [2.05, 4.69) is 0 Å². The Morgan fingerprint density at radius 2 is 2.50 bits per heavy atom. The molecule has 0 radical (unpaired) electrons. The van der Waals surface area contributed by atoms with Crippen molar-refractivity contribution in [1.29, 1.82) is 0 Å². The van der Waals surface area contributed by atoms with Crippen LogP contribution in [0, 0.1) is 5.92 Å². The number of carbonyl (C=O) groups is 1. The molecule has 1 aliphatic heterocycles. The Balaban J connectivity index is 2.39. The molecule has 1 fully saturated rings. The molecule has 10 heavy (non-hydrogen) atoms. The molecular weight excluding hydrogens is 132 g/mol. The van der Waals surface area contributed by atoms with Crippen molar-refractivity contribution in [3.8, 4) is 0 Å². The summed E-state index contributed by atoms with van der Waals surface area (Å²) in [7, 11) is 0. The summed E-state index contributed by atoms with van der Waals surface area (Å²) in [6.45, 7) is 1.95. The highest BCUT2D eigenvalue weighted by atomic mass is 16.5. The van der Waals surface area contributed by atoms with Gasteiger partial charge in [0.05, 0.1) is 12.0 Å². The van der Waals surface area contributed by atoms with Crippen LogP contribution in [0.3, 0.4) is 0 Å². The zero-order valence-corrected chi connectivity index (χ0v) is 6.04. The van der Waals surface area contributed by atoms with Crippen LogP contribution in [-0.4, -0.2) is 23.8 Å². The maximum absolute atomic E-state index is 10.8. The molecule has 0 aromatic heterocycles. The zero-order valence-electron chi connectivity index (χ0n) is 6.04. The highest BCUT2D eigenvalue weighted by molar-refractivity contribution is 5.74. The summed E-state index contributed by atoms with van der Waals surface area (Å²) in [5.74, 6) is -0.207. The van der Waals surface area contributed by atoms with Gasteiger partial charge in [-0.3, -0.25) is 4.79 Å². The van der Waals surface area contributed by atoms with Crippen LogP contribution in [0.1, 0.15) is 19.8 Å². The second-order valence-corrected chi connectivity index (χ2v) is 2.69. The van der Waals surface area contributed by atoms with Gasteiger partial charge in [-0.1, -0.05) is 0 Å². The first kappa shape index (κ1) is 7.54. The van der Waals surface area contributed by atoms with Crippen LogP contribution < -0.4 is 0 Å². The van der Waals surface area contributed by atoms with Crippen molar-refractivity contribution in [2.45, 2.75) is 25.9 Å². The molecule has 0 aromatic rings. The number of rotatable bonds is 2. The number of carbonyl (C=O) groups excluding carboxylic acids is 1. The Hall–Kier alpha value is -0.570. The second-order valence-electron chi connectivity index (χ2n) is 2.69. The number of cyclic esters (lactones) is 1. The van der Waals surface area contributed by atoms with Crippen molar-refractivity contribution in [3.63, 3.8) is 0 Å². The molecule has 3 nitrogen and oxygen atoms in total. The van der Waals surface area contributed by atoms with Crippen LogP contribution in [0.25, 0.3) is 0 Å². The zero-order chi connectivity index (χ0) is 7.56. The normalized spacial score (nSPS) is 32.4. The molecule has 58 valence electrons. The second kappa shape index (κ2) is 3.01. The van der Waals surface area contributed by atoms with Gasteiger partial charge in [0.25, 0.3) is 0 Å². The van der Waals surface area contributed by atoms with E-state index >= 15 is 0 Å². The van der Waals surface area contributed by atoms with Gasteiger partial charge in [-0.15, -0.1) is 0 Å². The number of hydrogen-bond acceptors (Lipinski definition) is 3. The van der Waals surface area contributed by atoms with Gasteiger partial charge in [0.2, 0.25) is 0 Å². The van der Waals surface area contributed by atoms with Crippen molar-refractivity contribution in [1.82, 2.24) is 0 Å². The van der Waals surface area contributed by atoms with Gasteiger partial charge < -0.3 is 9.84 Å². The SMILES string of the molecule is C[C@H]1C[C@@H](CCO)C(=O)O1. The molecule has 0 unspecified atom stereocenters. The van der Waals surface area contributed by atoms with E-state index in [4.69, 9.17) is 9.84 Å². The Bertz CT molecular complexity index is 133. The fraction of sp³-hybridized carbons (Fsp3) is 0.857. The molecule has 1 rings (SSSR count). The molecule has 3 heteroatoms. The minimum atomic E-state index is -0.151. The first-order valence-corrected chi connectivity index (χ1v) is 3.55. The number of esters is 1. The van der Waals surface area contributed by atoms with E-state index in [1.165, 1.54) is 0 Å². The molecule has 1 aliphatic rings. The number of ether oxygens (including phenoxy) is 1. The van der Waals surface area contributed by atoms with Crippen LogP contribution in [0.5, 0.6) is 0 Å². The predicted octanol–water partition coefficient (Wildman–Crippen LogP) is 0.320. The lowest BCUT2D eigenvalue weighted by Gasteiger charge is -1.98. The van der Waals surface area contributed by atoms with Gasteiger partial charge in [-0.05, 0) is 19.8 Å². The Kier molecular flexibility index (Phi) is 2.27. The van der Waals surface area contributed by atoms with Crippen LogP contribution in [0.2, 0.25) is 0 Å². The first-order chi connectivity index (χ1) is 4.74. The summed E-state index contributed by atoms with van der Waals surface area (Å²) in [5.41, 5.74) is 0. The lowest BCUT2D eigenvalue weighted by atomic mass is 10.0. The number of hydrogen-bond donors (Lipinski definition) is 1. The topological polar surface area (TPSA) is 46.5 Å². The molecule has 1 N–H and O–H groups in total. The molecule has 1 heterocycles. The minimum absolute atomic E-state index is 0.0454. The fourth-order valence-corrected chi connectivity index (χ4v) is 1.23. The molecule has 0 spiro atoms. The highest BCUT2D eigenvalue weighted by Crippen LogP contribution is 2.22. The van der Waals surface area contributed by atoms with Crippen molar-refractivity contribution in [2.24, 2.45) is 5.92 Å². The third kappa shape index (κ3) is 1.48. The van der Waals surface area contributed by atoms with E-state index in [9.17, 15) is 4.79 Å². The molecule has 0 aromatic carbocycles. The smallest absolute Gasteiger partial charge is 0.309 e. The van der Waals surface area contributed by atoms with E-state index < -0.39 is 0 Å². The molecular formula is C7H12O3. The lowest BCUT2D eigenvalue weighted by molar-refractivity contribution is -0.144. The van der Waals surface area contributed by atoms with Crippen molar-refractivity contribution in [2.75, 3.05) is 6.61 Å². The van der Waals surface area contributed by atoms with Gasteiger partial charge in [-0.25, -0.2) is 0 Å². The van der Waals surface area contributed by atoms with Gasteiger partial charge in [0, 0.05) is 6.61 Å². The molecule has 0 bridgehead atoms. The van der Waals surface area contributed by atoms with E-state index in [0.717, 1.165) is 6.42 Å². The summed E-state index contributed by atoms with van der Waals surface area (Å²) in [5, 5.41) is 8.52. The van der Waals surface area contributed by atoms with Gasteiger partial charge in [-0.2, -0.15) is 0 Å². The number of aliphatic hydroxyl groups is 1. The maximum Gasteiger partial charge on any atom is 0.309 e. The predicted molar refractivity (Wildman–Crippen MR) is 35.4 cm³/mol. The Morgan fingerprint density at radius 3 is 2.90 bits per heavy atom. The monoisotopic (exact) mass is 144 g/mol. The Morgan fingerprint density at radius 1 is 1.80 bits per heavy atom. The quantitative estimate of drug-likeness (QED) is 0.568. The molecule has 0 aliphatic carbocycles.